The summed E-state index contributed by atoms with van der Waals surface area (Å²) in [5.74, 6) is 0.771. The van der Waals surface area contributed by atoms with Crippen molar-refractivity contribution in [3.63, 3.8) is 0 Å². The van der Waals surface area contributed by atoms with Crippen LogP contribution < -0.4 is 0 Å². The first-order valence-corrected chi connectivity index (χ1v) is 16.2. The minimum absolute atomic E-state index is 0.0462. The van der Waals surface area contributed by atoms with Crippen LogP contribution in [-0.4, -0.2) is 27.1 Å². The van der Waals surface area contributed by atoms with Crippen molar-refractivity contribution >= 4 is 27.7 Å². The quantitative estimate of drug-likeness (QED) is 0.205. The molecule has 8 rings (SSSR count). The lowest BCUT2D eigenvalue weighted by molar-refractivity contribution is 0.104. The first-order valence-electron chi connectivity index (χ1n) is 16.2. The van der Waals surface area contributed by atoms with Crippen molar-refractivity contribution in [3.05, 3.63) is 120 Å². The van der Waals surface area contributed by atoms with E-state index in [4.69, 9.17) is 14.7 Å². The van der Waals surface area contributed by atoms with Gasteiger partial charge in [0, 0.05) is 33.8 Å². The third-order valence-electron chi connectivity index (χ3n) is 9.83. The Morgan fingerprint density at radius 3 is 2.33 bits per heavy atom. The molecule has 0 unspecified atom stereocenters. The van der Waals surface area contributed by atoms with Crippen molar-refractivity contribution < 1.29 is 4.74 Å². The van der Waals surface area contributed by atoms with Crippen molar-refractivity contribution in [1.29, 1.82) is 0 Å². The van der Waals surface area contributed by atoms with Crippen molar-refractivity contribution in [3.8, 4) is 28.1 Å². The molecule has 1 fully saturated rings. The molecule has 6 aromatic rings. The van der Waals surface area contributed by atoms with Crippen LogP contribution in [0.15, 0.2) is 114 Å². The van der Waals surface area contributed by atoms with E-state index in [1.54, 1.807) is 0 Å². The average molecular weight is 590 g/mol. The van der Waals surface area contributed by atoms with Crippen LogP contribution in [0.3, 0.4) is 0 Å². The molecular formula is C41H39N3O. The van der Waals surface area contributed by atoms with Crippen LogP contribution in [0.4, 0.5) is 0 Å². The number of pyridine rings is 1. The van der Waals surface area contributed by atoms with E-state index in [2.05, 4.69) is 135 Å². The van der Waals surface area contributed by atoms with Crippen LogP contribution >= 0.6 is 0 Å². The van der Waals surface area contributed by atoms with E-state index in [0.29, 0.717) is 0 Å². The van der Waals surface area contributed by atoms with Gasteiger partial charge in [0.15, 0.2) is 0 Å². The Morgan fingerprint density at radius 1 is 0.733 bits per heavy atom. The van der Waals surface area contributed by atoms with Gasteiger partial charge in [-0.15, -0.1) is 0 Å². The summed E-state index contributed by atoms with van der Waals surface area (Å²) in [4.78, 5) is 10.1. The maximum Gasteiger partial charge on any atom is 0.217 e. The smallest absolute Gasteiger partial charge is 0.217 e. The predicted molar refractivity (Wildman–Crippen MR) is 186 cm³/mol. The molecule has 1 aliphatic carbocycles. The number of hydrogen-bond acceptors (Lipinski definition) is 3. The van der Waals surface area contributed by atoms with Gasteiger partial charge in [-0.3, -0.25) is 4.98 Å². The number of aliphatic imine (C=N–C) groups is 1. The zero-order valence-electron chi connectivity index (χ0n) is 26.5. The summed E-state index contributed by atoms with van der Waals surface area (Å²) in [5.41, 5.74) is 10.1. The molecule has 2 aromatic heterocycles. The topological polar surface area (TPSA) is 39.4 Å². The van der Waals surface area contributed by atoms with Crippen molar-refractivity contribution in [1.82, 2.24) is 9.55 Å². The zero-order chi connectivity index (χ0) is 30.8. The Kier molecular flexibility index (Phi) is 6.46. The highest BCUT2D eigenvalue weighted by Gasteiger charge is 2.44. The zero-order valence-corrected chi connectivity index (χ0v) is 26.5. The van der Waals surface area contributed by atoms with Crippen LogP contribution in [0.2, 0.25) is 0 Å². The Bertz CT molecular complexity index is 2100. The lowest BCUT2D eigenvalue weighted by Crippen LogP contribution is -2.37. The van der Waals surface area contributed by atoms with E-state index >= 15 is 0 Å². The SMILES string of the molecule is CC(C)(C)c1ccnc(-c2ccc3c4ccccc4n(-c4cc(C5=N[C@]6(C)CCCC[C@@H]6O5)cc(-c5ccccc5)c4)c3c2)c1. The summed E-state index contributed by atoms with van der Waals surface area (Å²) in [6.07, 6.45) is 6.64. The maximum atomic E-state index is 6.64. The van der Waals surface area contributed by atoms with Crippen molar-refractivity contribution in [2.24, 2.45) is 4.99 Å². The second-order valence-corrected chi connectivity index (χ2v) is 14.0. The Morgan fingerprint density at radius 2 is 1.51 bits per heavy atom. The highest BCUT2D eigenvalue weighted by Crippen LogP contribution is 2.41. The number of fused-ring (bicyclic) bond motifs is 4. The minimum atomic E-state index is -0.146. The van der Waals surface area contributed by atoms with Gasteiger partial charge in [0.1, 0.15) is 6.10 Å². The van der Waals surface area contributed by atoms with Crippen LogP contribution in [0.1, 0.15) is 64.5 Å². The molecule has 2 atom stereocenters. The molecule has 0 amide bonds. The lowest BCUT2D eigenvalue weighted by atomic mass is 9.82. The van der Waals surface area contributed by atoms with Crippen molar-refractivity contribution in [2.45, 2.75) is 70.4 Å². The summed E-state index contributed by atoms with van der Waals surface area (Å²) in [5, 5.41) is 2.45. The number of nitrogens with zero attached hydrogens (tertiary/aromatic N) is 3. The molecule has 4 heteroatoms. The van der Waals surface area contributed by atoms with Crippen LogP contribution in [0.5, 0.6) is 0 Å². The molecule has 0 spiro atoms. The Hall–Kier alpha value is -4.70. The van der Waals surface area contributed by atoms with E-state index in [-0.39, 0.29) is 17.1 Å². The fourth-order valence-electron chi connectivity index (χ4n) is 7.25. The fourth-order valence-corrected chi connectivity index (χ4v) is 7.25. The molecule has 4 nitrogen and oxygen atoms in total. The molecule has 0 bridgehead atoms. The van der Waals surface area contributed by atoms with E-state index in [0.717, 1.165) is 52.3 Å². The molecule has 1 saturated carbocycles. The summed E-state index contributed by atoms with van der Waals surface area (Å²) in [6.45, 7) is 9.01. The predicted octanol–water partition coefficient (Wildman–Crippen LogP) is 10.3. The van der Waals surface area contributed by atoms with Gasteiger partial charge in [-0.2, -0.15) is 0 Å². The maximum absolute atomic E-state index is 6.64. The fraction of sp³-hybridized carbons (Fsp3) is 0.268. The number of aromatic nitrogens is 2. The third-order valence-corrected chi connectivity index (χ3v) is 9.83. The summed E-state index contributed by atoms with van der Waals surface area (Å²) in [6, 6.07) is 37.3. The van der Waals surface area contributed by atoms with Gasteiger partial charge in [0.25, 0.3) is 0 Å². The molecular weight excluding hydrogens is 550 g/mol. The largest absolute Gasteiger partial charge is 0.472 e. The molecule has 45 heavy (non-hydrogen) atoms. The molecule has 0 N–H and O–H groups in total. The summed E-state index contributed by atoms with van der Waals surface area (Å²) >= 11 is 0. The third kappa shape index (κ3) is 4.84. The van der Waals surface area contributed by atoms with Gasteiger partial charge in [-0.05, 0) is 90.8 Å². The standard InChI is InChI=1S/C41H39N3O/c1-40(2,3)31-19-21-42-35(26-31)28-17-18-34-33-14-8-9-15-36(33)44(37(34)25-28)32-23-29(27-12-6-5-7-13-27)22-30(24-32)39-43-41(4)20-11-10-16-38(41)45-39/h5-9,12-15,17-19,21-26,38H,10-11,16,20H2,1-4H3/t38-,41+/m0/s1. The molecule has 3 heterocycles. The van der Waals surface area contributed by atoms with Gasteiger partial charge in [-0.1, -0.05) is 87.9 Å². The van der Waals surface area contributed by atoms with Gasteiger partial charge >= 0.3 is 0 Å². The molecule has 0 saturated heterocycles. The van der Waals surface area contributed by atoms with E-state index < -0.39 is 0 Å². The molecule has 0 radical (unpaired) electrons. The summed E-state index contributed by atoms with van der Waals surface area (Å²) in [7, 11) is 0. The monoisotopic (exact) mass is 589 g/mol. The second-order valence-electron chi connectivity index (χ2n) is 14.0. The number of benzene rings is 4. The number of rotatable bonds is 4. The number of hydrogen-bond donors (Lipinski definition) is 0. The van der Waals surface area contributed by atoms with Gasteiger partial charge in [-0.25, -0.2) is 4.99 Å². The Labute approximate surface area is 265 Å². The van der Waals surface area contributed by atoms with Gasteiger partial charge in [0.2, 0.25) is 5.90 Å². The van der Waals surface area contributed by atoms with Crippen LogP contribution in [0, 0.1) is 0 Å². The van der Waals surface area contributed by atoms with Crippen LogP contribution in [0.25, 0.3) is 49.9 Å². The first-order chi connectivity index (χ1) is 21.8. The minimum Gasteiger partial charge on any atom is -0.472 e. The normalized spacial score (nSPS) is 19.8. The highest BCUT2D eigenvalue weighted by molar-refractivity contribution is 6.10. The molecule has 1 aliphatic heterocycles. The highest BCUT2D eigenvalue weighted by atomic mass is 16.5. The van der Waals surface area contributed by atoms with Crippen LogP contribution in [-0.2, 0) is 10.2 Å². The molecule has 2 aliphatic rings. The Balaban J connectivity index is 1.36. The average Bonchev–Trinajstić information content (AvgIpc) is 3.59. The number of para-hydroxylation sites is 1. The van der Waals surface area contributed by atoms with E-state index in [1.165, 1.54) is 40.3 Å². The first kappa shape index (κ1) is 27.8. The molecule has 4 aromatic carbocycles. The van der Waals surface area contributed by atoms with Gasteiger partial charge < -0.3 is 9.30 Å². The van der Waals surface area contributed by atoms with Crippen molar-refractivity contribution in [2.75, 3.05) is 0 Å². The lowest BCUT2D eigenvalue weighted by Gasteiger charge is -2.31. The second kappa shape index (κ2) is 10.4. The van der Waals surface area contributed by atoms with Gasteiger partial charge in [0.05, 0.1) is 22.3 Å². The summed E-state index contributed by atoms with van der Waals surface area (Å²) < 4.78 is 9.05. The van der Waals surface area contributed by atoms with E-state index in [1.807, 2.05) is 6.20 Å². The molecule has 224 valence electrons. The number of ether oxygens (including phenoxy) is 1. The van der Waals surface area contributed by atoms with E-state index in [9.17, 15) is 0 Å².